The van der Waals surface area contributed by atoms with E-state index in [4.69, 9.17) is 11.2 Å². The quantitative estimate of drug-likeness (QED) is 0.565. The second-order valence-corrected chi connectivity index (χ2v) is 4.43. The monoisotopic (exact) mass is 252 g/mol. The Bertz CT molecular complexity index is 341. The minimum Gasteiger partial charge on any atom is -0.469 e. The first-order valence-electron chi connectivity index (χ1n) is 6.13. The summed E-state index contributed by atoms with van der Waals surface area (Å²) in [7, 11) is 1.41. The van der Waals surface area contributed by atoms with Crippen LogP contribution in [0.4, 0.5) is 0 Å². The van der Waals surface area contributed by atoms with Crippen LogP contribution in [-0.2, 0) is 14.3 Å². The molecule has 0 aromatic heterocycles. The molecule has 0 aliphatic carbocycles. The molecule has 5 heteroatoms. The van der Waals surface area contributed by atoms with Crippen molar-refractivity contribution in [3.05, 3.63) is 0 Å². The topological polar surface area (TPSA) is 58.6 Å². The maximum Gasteiger partial charge on any atom is 0.308 e. The van der Waals surface area contributed by atoms with Crippen molar-refractivity contribution >= 4 is 11.9 Å². The van der Waals surface area contributed by atoms with Crippen LogP contribution in [0.5, 0.6) is 0 Å². The second kappa shape index (κ2) is 7.02. The predicted octanol–water partition coefficient (Wildman–Crippen LogP) is 0.00930. The standard InChI is InChI=1S/C13H20N2O3/c1-4-7-14-12(16)10(2)15-8-5-11(6-9-15)13(17)18-3/h1,10-11H,5-9H2,2-3H3,(H,14,16). The summed E-state index contributed by atoms with van der Waals surface area (Å²) in [4.78, 5) is 25.2. The molecule has 1 aliphatic heterocycles. The average Bonchev–Trinajstić information content (AvgIpc) is 2.43. The van der Waals surface area contributed by atoms with E-state index in [1.807, 2.05) is 6.92 Å². The maximum atomic E-state index is 11.7. The fourth-order valence-electron chi connectivity index (χ4n) is 2.14. The zero-order valence-corrected chi connectivity index (χ0v) is 10.9. The first-order chi connectivity index (χ1) is 8.60. The molecule has 1 N–H and O–H groups in total. The number of piperidine rings is 1. The van der Waals surface area contributed by atoms with Crippen LogP contribution < -0.4 is 5.32 Å². The second-order valence-electron chi connectivity index (χ2n) is 4.43. The van der Waals surface area contributed by atoms with Crippen molar-refractivity contribution in [1.29, 1.82) is 0 Å². The highest BCUT2D eigenvalue weighted by Gasteiger charge is 2.29. The van der Waals surface area contributed by atoms with Crippen LogP contribution in [-0.4, -0.2) is 49.6 Å². The molecule has 0 spiro atoms. The zero-order chi connectivity index (χ0) is 13.5. The van der Waals surface area contributed by atoms with Crippen LogP contribution in [0.15, 0.2) is 0 Å². The Morgan fingerprint density at radius 3 is 2.61 bits per heavy atom. The van der Waals surface area contributed by atoms with E-state index in [0.717, 1.165) is 25.9 Å². The van der Waals surface area contributed by atoms with Crippen molar-refractivity contribution in [3.8, 4) is 12.3 Å². The summed E-state index contributed by atoms with van der Waals surface area (Å²) >= 11 is 0. The minimum absolute atomic E-state index is 0.0350. The fraction of sp³-hybridized carbons (Fsp3) is 0.692. The first kappa shape index (κ1) is 14.5. The van der Waals surface area contributed by atoms with Gasteiger partial charge in [0.1, 0.15) is 0 Å². The van der Waals surface area contributed by atoms with Crippen LogP contribution in [0.3, 0.4) is 0 Å². The minimum atomic E-state index is -0.211. The number of hydrogen-bond acceptors (Lipinski definition) is 4. The molecular formula is C13H20N2O3. The smallest absolute Gasteiger partial charge is 0.308 e. The molecule has 1 atom stereocenters. The Labute approximate surface area is 108 Å². The average molecular weight is 252 g/mol. The molecular weight excluding hydrogens is 232 g/mol. The molecule has 100 valence electrons. The van der Waals surface area contributed by atoms with Gasteiger partial charge in [-0.15, -0.1) is 6.42 Å². The largest absolute Gasteiger partial charge is 0.469 e. The van der Waals surface area contributed by atoms with Gasteiger partial charge in [0.05, 0.1) is 25.6 Å². The molecule has 5 nitrogen and oxygen atoms in total. The number of terminal acetylenes is 1. The van der Waals surface area contributed by atoms with E-state index in [1.54, 1.807) is 0 Å². The molecule has 1 amide bonds. The summed E-state index contributed by atoms with van der Waals surface area (Å²) in [6.07, 6.45) is 6.56. The van der Waals surface area contributed by atoms with E-state index in [9.17, 15) is 9.59 Å². The number of amides is 1. The van der Waals surface area contributed by atoms with Crippen molar-refractivity contribution in [2.45, 2.75) is 25.8 Å². The molecule has 0 bridgehead atoms. The van der Waals surface area contributed by atoms with Crippen LogP contribution >= 0.6 is 0 Å². The summed E-state index contributed by atoms with van der Waals surface area (Å²) in [6.45, 7) is 3.56. The maximum absolute atomic E-state index is 11.7. The lowest BCUT2D eigenvalue weighted by Gasteiger charge is -2.34. The molecule has 1 saturated heterocycles. The lowest BCUT2D eigenvalue weighted by atomic mass is 9.96. The summed E-state index contributed by atoms with van der Waals surface area (Å²) in [5, 5.41) is 2.67. The lowest BCUT2D eigenvalue weighted by Crippen LogP contribution is -2.49. The summed E-state index contributed by atoms with van der Waals surface area (Å²) < 4.78 is 4.73. The lowest BCUT2D eigenvalue weighted by molar-refractivity contribution is -0.147. The van der Waals surface area contributed by atoms with Crippen molar-refractivity contribution < 1.29 is 14.3 Å². The van der Waals surface area contributed by atoms with Crippen LogP contribution in [0.2, 0.25) is 0 Å². The number of methoxy groups -OCH3 is 1. The van der Waals surface area contributed by atoms with Gasteiger partial charge in [0.15, 0.2) is 0 Å². The Morgan fingerprint density at radius 1 is 1.50 bits per heavy atom. The number of rotatable bonds is 4. The van der Waals surface area contributed by atoms with E-state index >= 15 is 0 Å². The number of nitrogens with zero attached hydrogens (tertiary/aromatic N) is 1. The predicted molar refractivity (Wildman–Crippen MR) is 67.6 cm³/mol. The summed E-state index contributed by atoms with van der Waals surface area (Å²) in [6, 6.07) is -0.211. The third kappa shape index (κ3) is 3.74. The third-order valence-corrected chi connectivity index (χ3v) is 3.36. The van der Waals surface area contributed by atoms with E-state index in [-0.39, 0.29) is 30.4 Å². The van der Waals surface area contributed by atoms with Gasteiger partial charge in [-0.3, -0.25) is 14.5 Å². The number of likely N-dealkylation sites (tertiary alicyclic amines) is 1. The van der Waals surface area contributed by atoms with Crippen molar-refractivity contribution in [2.24, 2.45) is 5.92 Å². The normalized spacial score (nSPS) is 18.7. The van der Waals surface area contributed by atoms with E-state index in [2.05, 4.69) is 16.1 Å². The van der Waals surface area contributed by atoms with Gasteiger partial charge in [0, 0.05) is 0 Å². The summed E-state index contributed by atoms with van der Waals surface area (Å²) in [5.41, 5.74) is 0. The van der Waals surface area contributed by atoms with Crippen molar-refractivity contribution in [1.82, 2.24) is 10.2 Å². The molecule has 0 aromatic rings. The molecule has 1 heterocycles. The molecule has 1 aliphatic rings. The molecule has 1 fully saturated rings. The van der Waals surface area contributed by atoms with Gasteiger partial charge in [-0.2, -0.15) is 0 Å². The van der Waals surface area contributed by atoms with Gasteiger partial charge in [0.2, 0.25) is 5.91 Å². The Hall–Kier alpha value is -1.54. The van der Waals surface area contributed by atoms with Gasteiger partial charge >= 0.3 is 5.97 Å². The molecule has 1 rings (SSSR count). The highest BCUT2D eigenvalue weighted by molar-refractivity contribution is 5.81. The Balaban J connectivity index is 2.40. The number of hydrogen-bond donors (Lipinski definition) is 1. The Morgan fingerprint density at radius 2 is 2.11 bits per heavy atom. The number of carbonyl (C=O) groups excluding carboxylic acids is 2. The molecule has 0 aromatic carbocycles. The number of carbonyl (C=O) groups is 2. The van der Waals surface area contributed by atoms with Crippen LogP contribution in [0, 0.1) is 18.3 Å². The molecule has 0 radical (unpaired) electrons. The molecule has 18 heavy (non-hydrogen) atoms. The van der Waals surface area contributed by atoms with Crippen LogP contribution in [0.1, 0.15) is 19.8 Å². The van der Waals surface area contributed by atoms with Gasteiger partial charge in [0.25, 0.3) is 0 Å². The molecule has 1 unspecified atom stereocenters. The van der Waals surface area contributed by atoms with E-state index in [1.165, 1.54) is 7.11 Å². The van der Waals surface area contributed by atoms with Gasteiger partial charge in [-0.25, -0.2) is 0 Å². The number of esters is 1. The van der Waals surface area contributed by atoms with E-state index < -0.39 is 0 Å². The van der Waals surface area contributed by atoms with Gasteiger partial charge < -0.3 is 10.1 Å². The number of nitrogens with one attached hydrogen (secondary N) is 1. The highest BCUT2D eigenvalue weighted by atomic mass is 16.5. The first-order valence-corrected chi connectivity index (χ1v) is 6.13. The number of ether oxygens (including phenoxy) is 1. The SMILES string of the molecule is C#CCNC(=O)C(C)N1CCC(C(=O)OC)CC1. The van der Waals surface area contributed by atoms with Crippen molar-refractivity contribution in [3.63, 3.8) is 0 Å². The van der Waals surface area contributed by atoms with Crippen molar-refractivity contribution in [2.75, 3.05) is 26.7 Å². The fourth-order valence-corrected chi connectivity index (χ4v) is 2.14. The van der Waals surface area contributed by atoms with Crippen LogP contribution in [0.25, 0.3) is 0 Å². The van der Waals surface area contributed by atoms with Gasteiger partial charge in [-0.05, 0) is 32.9 Å². The molecule has 0 saturated carbocycles. The summed E-state index contributed by atoms with van der Waals surface area (Å²) in [5.74, 6) is 2.12. The Kier molecular flexibility index (Phi) is 5.66. The van der Waals surface area contributed by atoms with Gasteiger partial charge in [-0.1, -0.05) is 5.92 Å². The zero-order valence-electron chi connectivity index (χ0n) is 10.9. The van der Waals surface area contributed by atoms with E-state index in [0.29, 0.717) is 0 Å². The third-order valence-electron chi connectivity index (χ3n) is 3.36. The highest BCUT2D eigenvalue weighted by Crippen LogP contribution is 2.20.